The molecule has 1 aliphatic heterocycles. The average Bonchev–Trinajstić information content (AvgIpc) is 2.76. The van der Waals surface area contributed by atoms with E-state index in [-0.39, 0.29) is 6.10 Å². The Bertz CT molecular complexity index is 245. The highest BCUT2D eigenvalue weighted by Crippen LogP contribution is 2.35. The molecule has 2 fully saturated rings. The molecule has 18 heavy (non-hydrogen) atoms. The average molecular weight is 254 g/mol. The third-order valence-electron chi connectivity index (χ3n) is 4.74. The molecule has 3 heteroatoms. The number of hydrogen-bond acceptors (Lipinski definition) is 3. The number of piperidine rings is 1. The molecule has 0 amide bonds. The minimum absolute atomic E-state index is 0.0237. The van der Waals surface area contributed by atoms with Crippen molar-refractivity contribution < 1.29 is 5.11 Å². The maximum atomic E-state index is 10.1. The summed E-state index contributed by atoms with van der Waals surface area (Å²) in [7, 11) is 4.29. The third kappa shape index (κ3) is 3.69. The SMILES string of the molecule is CN(C)CCCN1CCCCC1C1CCCC1O. The van der Waals surface area contributed by atoms with Gasteiger partial charge in [-0.15, -0.1) is 0 Å². The number of aliphatic hydroxyl groups excluding tert-OH is 1. The van der Waals surface area contributed by atoms with Crippen LogP contribution < -0.4 is 0 Å². The topological polar surface area (TPSA) is 26.7 Å². The maximum Gasteiger partial charge on any atom is 0.0583 e. The van der Waals surface area contributed by atoms with E-state index in [1.807, 2.05) is 0 Å². The van der Waals surface area contributed by atoms with E-state index in [1.54, 1.807) is 0 Å². The van der Waals surface area contributed by atoms with Gasteiger partial charge in [-0.2, -0.15) is 0 Å². The van der Waals surface area contributed by atoms with Gasteiger partial charge in [0.1, 0.15) is 0 Å². The molecule has 1 saturated carbocycles. The number of rotatable bonds is 5. The quantitative estimate of drug-likeness (QED) is 0.812. The summed E-state index contributed by atoms with van der Waals surface area (Å²) in [6.45, 7) is 3.64. The summed E-state index contributed by atoms with van der Waals surface area (Å²) in [6.07, 6.45) is 8.76. The van der Waals surface area contributed by atoms with Crippen LogP contribution in [0.5, 0.6) is 0 Å². The molecule has 0 radical (unpaired) electrons. The predicted octanol–water partition coefficient (Wildman–Crippen LogP) is 1.95. The van der Waals surface area contributed by atoms with E-state index in [0.29, 0.717) is 12.0 Å². The highest BCUT2D eigenvalue weighted by Gasteiger charge is 2.36. The summed E-state index contributed by atoms with van der Waals surface area (Å²) in [6, 6.07) is 0.665. The van der Waals surface area contributed by atoms with Crippen LogP contribution in [0.2, 0.25) is 0 Å². The molecule has 1 saturated heterocycles. The molecular formula is C15H30N2O. The van der Waals surface area contributed by atoms with Crippen molar-refractivity contribution in [3.8, 4) is 0 Å². The second-order valence-electron chi connectivity index (χ2n) is 6.42. The molecule has 3 unspecified atom stereocenters. The van der Waals surface area contributed by atoms with Crippen molar-refractivity contribution in [1.82, 2.24) is 9.80 Å². The summed E-state index contributed by atoms with van der Waals surface area (Å²) < 4.78 is 0. The summed E-state index contributed by atoms with van der Waals surface area (Å²) in [5, 5.41) is 10.1. The minimum Gasteiger partial charge on any atom is -0.393 e. The van der Waals surface area contributed by atoms with Gasteiger partial charge in [0.2, 0.25) is 0 Å². The van der Waals surface area contributed by atoms with E-state index in [1.165, 1.54) is 58.2 Å². The smallest absolute Gasteiger partial charge is 0.0583 e. The molecule has 0 aromatic rings. The van der Waals surface area contributed by atoms with E-state index < -0.39 is 0 Å². The standard InChI is InChI=1S/C15H30N2O/c1-16(2)10-6-12-17-11-4-3-8-14(17)13-7-5-9-15(13)18/h13-15,18H,3-12H2,1-2H3. The Balaban J connectivity index is 1.85. The number of aliphatic hydroxyl groups is 1. The lowest BCUT2D eigenvalue weighted by molar-refractivity contribution is 0.0341. The van der Waals surface area contributed by atoms with Crippen molar-refractivity contribution in [2.75, 3.05) is 33.7 Å². The monoisotopic (exact) mass is 254 g/mol. The van der Waals surface area contributed by atoms with Crippen molar-refractivity contribution in [3.63, 3.8) is 0 Å². The van der Waals surface area contributed by atoms with Gasteiger partial charge in [-0.25, -0.2) is 0 Å². The van der Waals surface area contributed by atoms with Gasteiger partial charge in [-0.05, 0) is 65.8 Å². The zero-order chi connectivity index (χ0) is 13.0. The lowest BCUT2D eigenvalue weighted by Gasteiger charge is -2.40. The number of nitrogens with zero attached hydrogens (tertiary/aromatic N) is 2. The molecule has 1 heterocycles. The zero-order valence-corrected chi connectivity index (χ0v) is 12.1. The molecule has 2 rings (SSSR count). The normalized spacial score (nSPS) is 34.3. The first kappa shape index (κ1) is 14.3. The van der Waals surface area contributed by atoms with Gasteiger partial charge in [0, 0.05) is 12.0 Å². The van der Waals surface area contributed by atoms with Crippen LogP contribution in [0, 0.1) is 5.92 Å². The van der Waals surface area contributed by atoms with Crippen LogP contribution in [0.1, 0.15) is 44.9 Å². The Morgan fingerprint density at radius 3 is 2.61 bits per heavy atom. The Morgan fingerprint density at radius 2 is 1.94 bits per heavy atom. The second-order valence-corrected chi connectivity index (χ2v) is 6.42. The molecule has 106 valence electrons. The van der Waals surface area contributed by atoms with Gasteiger partial charge in [-0.3, -0.25) is 4.90 Å². The van der Waals surface area contributed by atoms with Crippen molar-refractivity contribution in [1.29, 1.82) is 0 Å². The van der Waals surface area contributed by atoms with Crippen LogP contribution in [0.15, 0.2) is 0 Å². The lowest BCUT2D eigenvalue weighted by atomic mass is 9.87. The van der Waals surface area contributed by atoms with Gasteiger partial charge < -0.3 is 10.0 Å². The fraction of sp³-hybridized carbons (Fsp3) is 1.00. The largest absolute Gasteiger partial charge is 0.393 e. The van der Waals surface area contributed by atoms with Crippen molar-refractivity contribution >= 4 is 0 Å². The first-order valence-corrected chi connectivity index (χ1v) is 7.75. The number of likely N-dealkylation sites (tertiary alicyclic amines) is 1. The van der Waals surface area contributed by atoms with Gasteiger partial charge in [0.25, 0.3) is 0 Å². The third-order valence-corrected chi connectivity index (χ3v) is 4.74. The fourth-order valence-electron chi connectivity index (χ4n) is 3.79. The molecular weight excluding hydrogens is 224 g/mol. The summed E-state index contributed by atoms with van der Waals surface area (Å²) >= 11 is 0. The van der Waals surface area contributed by atoms with Gasteiger partial charge in [-0.1, -0.05) is 12.8 Å². The Hall–Kier alpha value is -0.120. The van der Waals surface area contributed by atoms with Crippen LogP contribution in [-0.4, -0.2) is 60.8 Å². The zero-order valence-electron chi connectivity index (χ0n) is 12.1. The van der Waals surface area contributed by atoms with E-state index in [4.69, 9.17) is 0 Å². The molecule has 3 nitrogen and oxygen atoms in total. The lowest BCUT2D eigenvalue weighted by Crippen LogP contribution is -2.47. The maximum absolute atomic E-state index is 10.1. The fourth-order valence-corrected chi connectivity index (χ4v) is 3.79. The summed E-state index contributed by atoms with van der Waals surface area (Å²) in [5.41, 5.74) is 0. The Kier molecular flexibility index (Phi) is 5.46. The van der Waals surface area contributed by atoms with Crippen molar-refractivity contribution in [2.24, 2.45) is 5.92 Å². The van der Waals surface area contributed by atoms with E-state index in [2.05, 4.69) is 23.9 Å². The highest BCUT2D eigenvalue weighted by atomic mass is 16.3. The van der Waals surface area contributed by atoms with Gasteiger partial charge in [0.05, 0.1) is 6.10 Å². The predicted molar refractivity (Wildman–Crippen MR) is 75.7 cm³/mol. The van der Waals surface area contributed by atoms with Gasteiger partial charge in [0.15, 0.2) is 0 Å². The summed E-state index contributed by atoms with van der Waals surface area (Å²) in [4.78, 5) is 4.94. The second kappa shape index (κ2) is 6.88. The molecule has 0 spiro atoms. The van der Waals surface area contributed by atoms with Crippen LogP contribution >= 0.6 is 0 Å². The molecule has 3 atom stereocenters. The molecule has 1 N–H and O–H groups in total. The van der Waals surface area contributed by atoms with Crippen LogP contribution in [-0.2, 0) is 0 Å². The van der Waals surface area contributed by atoms with E-state index in [9.17, 15) is 5.11 Å². The Morgan fingerprint density at radius 1 is 1.11 bits per heavy atom. The number of hydrogen-bond donors (Lipinski definition) is 1. The van der Waals surface area contributed by atoms with Gasteiger partial charge >= 0.3 is 0 Å². The highest BCUT2D eigenvalue weighted by molar-refractivity contribution is 4.90. The molecule has 0 aromatic heterocycles. The van der Waals surface area contributed by atoms with Crippen LogP contribution in [0.25, 0.3) is 0 Å². The van der Waals surface area contributed by atoms with Crippen LogP contribution in [0.3, 0.4) is 0 Å². The van der Waals surface area contributed by atoms with Crippen molar-refractivity contribution in [2.45, 2.75) is 57.1 Å². The van der Waals surface area contributed by atoms with E-state index in [0.717, 1.165) is 6.42 Å². The summed E-state index contributed by atoms with van der Waals surface area (Å²) in [5.74, 6) is 0.560. The van der Waals surface area contributed by atoms with Crippen molar-refractivity contribution in [3.05, 3.63) is 0 Å². The van der Waals surface area contributed by atoms with Crippen LogP contribution in [0.4, 0.5) is 0 Å². The molecule has 1 aliphatic carbocycles. The first-order valence-electron chi connectivity index (χ1n) is 7.75. The van der Waals surface area contributed by atoms with E-state index >= 15 is 0 Å². The molecule has 2 aliphatic rings. The molecule has 0 aromatic carbocycles. The minimum atomic E-state index is -0.0237. The molecule has 0 bridgehead atoms. The Labute approximate surface area is 112 Å². The first-order chi connectivity index (χ1) is 8.68.